The zero-order valence-corrected chi connectivity index (χ0v) is 8.92. The quantitative estimate of drug-likeness (QED) is 0.497. The van der Waals surface area contributed by atoms with Crippen molar-refractivity contribution in [3.8, 4) is 0 Å². The summed E-state index contributed by atoms with van der Waals surface area (Å²) >= 11 is 0. The first-order valence-electron chi connectivity index (χ1n) is 4.80. The van der Waals surface area contributed by atoms with E-state index in [1.54, 1.807) is 0 Å². The predicted octanol–water partition coefficient (Wildman–Crippen LogP) is 2.74. The first kappa shape index (κ1) is 11.2. The standard InChI is InChI=1S/C8H17O4P/c1-2-3-4-5-6-10-13(9)11-7-8-12-13/h2-8H2,1H3. The van der Waals surface area contributed by atoms with Gasteiger partial charge >= 0.3 is 7.82 Å². The van der Waals surface area contributed by atoms with Crippen molar-refractivity contribution in [2.75, 3.05) is 19.8 Å². The lowest BCUT2D eigenvalue weighted by Gasteiger charge is -2.08. The van der Waals surface area contributed by atoms with Crippen molar-refractivity contribution in [2.45, 2.75) is 32.6 Å². The fraction of sp³-hybridized carbons (Fsp3) is 1.00. The molecule has 0 N–H and O–H groups in total. The number of hydrogen-bond acceptors (Lipinski definition) is 4. The summed E-state index contributed by atoms with van der Waals surface area (Å²) in [6, 6.07) is 0. The topological polar surface area (TPSA) is 44.8 Å². The molecule has 1 aliphatic heterocycles. The Kier molecular flexibility index (Phi) is 4.96. The molecule has 1 aliphatic rings. The second kappa shape index (κ2) is 5.76. The van der Waals surface area contributed by atoms with E-state index in [9.17, 15) is 4.57 Å². The fourth-order valence-corrected chi connectivity index (χ4v) is 2.29. The largest absolute Gasteiger partial charge is 0.474 e. The summed E-state index contributed by atoms with van der Waals surface area (Å²) in [7, 11) is -3.12. The molecule has 1 fully saturated rings. The maximum absolute atomic E-state index is 11.4. The van der Waals surface area contributed by atoms with E-state index in [1.807, 2.05) is 0 Å². The van der Waals surface area contributed by atoms with Crippen LogP contribution in [0.3, 0.4) is 0 Å². The Labute approximate surface area is 79.2 Å². The number of phosphoric acid groups is 1. The molecule has 4 nitrogen and oxygen atoms in total. The summed E-state index contributed by atoms with van der Waals surface area (Å²) in [6.45, 7) is 3.38. The minimum absolute atomic E-state index is 0.381. The second-order valence-corrected chi connectivity index (χ2v) is 4.68. The third-order valence-corrected chi connectivity index (χ3v) is 3.33. The van der Waals surface area contributed by atoms with Crippen LogP contribution in [0.4, 0.5) is 0 Å². The summed E-state index contributed by atoms with van der Waals surface area (Å²) in [4.78, 5) is 0. The highest BCUT2D eigenvalue weighted by Crippen LogP contribution is 2.52. The smallest absolute Gasteiger partial charge is 0.287 e. The number of unbranched alkanes of at least 4 members (excludes halogenated alkanes) is 3. The van der Waals surface area contributed by atoms with Crippen molar-refractivity contribution < 1.29 is 18.1 Å². The number of phosphoric ester groups is 1. The average molecular weight is 208 g/mol. The predicted molar refractivity (Wildman–Crippen MR) is 49.6 cm³/mol. The molecule has 1 saturated heterocycles. The molecule has 1 heterocycles. The molecular formula is C8H17O4P. The van der Waals surface area contributed by atoms with Gasteiger partial charge in [-0.2, -0.15) is 0 Å². The maximum Gasteiger partial charge on any atom is 0.474 e. The third-order valence-electron chi connectivity index (χ3n) is 1.83. The van der Waals surface area contributed by atoms with E-state index < -0.39 is 7.82 Å². The van der Waals surface area contributed by atoms with Crippen LogP contribution in [0, 0.1) is 0 Å². The van der Waals surface area contributed by atoms with E-state index >= 15 is 0 Å². The molecule has 0 amide bonds. The molecule has 0 spiro atoms. The highest BCUT2D eigenvalue weighted by atomic mass is 31.2. The fourth-order valence-electron chi connectivity index (χ4n) is 1.12. The molecule has 0 radical (unpaired) electrons. The Morgan fingerprint density at radius 2 is 1.92 bits per heavy atom. The Balaban J connectivity index is 2.01. The van der Waals surface area contributed by atoms with E-state index in [-0.39, 0.29) is 0 Å². The zero-order chi connectivity index (χ0) is 9.57. The van der Waals surface area contributed by atoms with Gasteiger partial charge in [0.15, 0.2) is 0 Å². The van der Waals surface area contributed by atoms with Crippen LogP contribution in [0.2, 0.25) is 0 Å². The molecule has 0 aromatic rings. The van der Waals surface area contributed by atoms with Crippen LogP contribution in [0.5, 0.6) is 0 Å². The lowest BCUT2D eigenvalue weighted by Crippen LogP contribution is -1.93. The van der Waals surface area contributed by atoms with Gasteiger partial charge in [0.2, 0.25) is 0 Å². The van der Waals surface area contributed by atoms with Crippen LogP contribution in [-0.2, 0) is 18.1 Å². The molecule has 13 heavy (non-hydrogen) atoms. The number of rotatable bonds is 6. The van der Waals surface area contributed by atoms with Crippen molar-refractivity contribution in [3.05, 3.63) is 0 Å². The van der Waals surface area contributed by atoms with Crippen LogP contribution in [-0.4, -0.2) is 19.8 Å². The molecule has 5 heteroatoms. The Hall–Kier alpha value is 0.110. The average Bonchev–Trinajstić information content (AvgIpc) is 2.53. The highest BCUT2D eigenvalue weighted by Gasteiger charge is 2.31. The van der Waals surface area contributed by atoms with Crippen molar-refractivity contribution >= 4 is 7.82 Å². The van der Waals surface area contributed by atoms with Gasteiger partial charge in [0, 0.05) is 0 Å². The second-order valence-electron chi connectivity index (χ2n) is 3.01. The SMILES string of the molecule is CCCCCCOP1(=O)OCCO1. The molecule has 0 bridgehead atoms. The van der Waals surface area contributed by atoms with Crippen molar-refractivity contribution in [3.63, 3.8) is 0 Å². The molecule has 78 valence electrons. The van der Waals surface area contributed by atoms with E-state index in [0.717, 1.165) is 12.8 Å². The summed E-state index contributed by atoms with van der Waals surface area (Å²) < 4.78 is 26.1. The molecule has 0 aliphatic carbocycles. The summed E-state index contributed by atoms with van der Waals surface area (Å²) in [5.41, 5.74) is 0. The Morgan fingerprint density at radius 3 is 2.54 bits per heavy atom. The summed E-state index contributed by atoms with van der Waals surface area (Å²) in [5, 5.41) is 0. The van der Waals surface area contributed by atoms with Crippen molar-refractivity contribution in [1.29, 1.82) is 0 Å². The van der Waals surface area contributed by atoms with Gasteiger partial charge in [0.25, 0.3) is 0 Å². The van der Waals surface area contributed by atoms with Gasteiger partial charge in [-0.15, -0.1) is 0 Å². The highest BCUT2D eigenvalue weighted by molar-refractivity contribution is 7.48. The minimum Gasteiger partial charge on any atom is -0.287 e. The van der Waals surface area contributed by atoms with Crippen molar-refractivity contribution in [2.24, 2.45) is 0 Å². The Morgan fingerprint density at radius 1 is 1.23 bits per heavy atom. The van der Waals surface area contributed by atoms with Gasteiger partial charge in [0.1, 0.15) is 0 Å². The molecule has 0 saturated carbocycles. The minimum atomic E-state index is -3.12. The lowest BCUT2D eigenvalue weighted by atomic mass is 10.2. The third kappa shape index (κ3) is 4.23. The van der Waals surface area contributed by atoms with Gasteiger partial charge < -0.3 is 0 Å². The normalized spacial score (nSPS) is 20.7. The van der Waals surface area contributed by atoms with Gasteiger partial charge in [-0.3, -0.25) is 13.6 Å². The van der Waals surface area contributed by atoms with Crippen molar-refractivity contribution in [1.82, 2.24) is 0 Å². The van der Waals surface area contributed by atoms with E-state index in [4.69, 9.17) is 13.6 Å². The van der Waals surface area contributed by atoms with Gasteiger partial charge in [0.05, 0.1) is 19.8 Å². The lowest BCUT2D eigenvalue weighted by molar-refractivity contribution is 0.187. The molecule has 0 atom stereocenters. The summed E-state index contributed by atoms with van der Waals surface area (Å²) in [5.74, 6) is 0. The van der Waals surface area contributed by atoms with Crippen LogP contribution in [0.15, 0.2) is 0 Å². The van der Waals surface area contributed by atoms with E-state index in [0.29, 0.717) is 19.8 Å². The van der Waals surface area contributed by atoms with E-state index in [2.05, 4.69) is 6.92 Å². The van der Waals surface area contributed by atoms with Crippen LogP contribution in [0.25, 0.3) is 0 Å². The Bertz CT molecular complexity index is 173. The monoisotopic (exact) mass is 208 g/mol. The molecule has 0 aromatic carbocycles. The van der Waals surface area contributed by atoms with Crippen LogP contribution >= 0.6 is 7.82 Å². The van der Waals surface area contributed by atoms with Crippen LogP contribution in [0.1, 0.15) is 32.6 Å². The number of hydrogen-bond donors (Lipinski definition) is 0. The van der Waals surface area contributed by atoms with Crippen LogP contribution < -0.4 is 0 Å². The zero-order valence-electron chi connectivity index (χ0n) is 8.03. The van der Waals surface area contributed by atoms with Gasteiger partial charge in [-0.05, 0) is 6.42 Å². The molecule has 1 rings (SSSR count). The maximum atomic E-state index is 11.4. The first-order chi connectivity index (χ1) is 6.27. The van der Waals surface area contributed by atoms with E-state index in [1.165, 1.54) is 12.8 Å². The van der Waals surface area contributed by atoms with Gasteiger partial charge in [-0.25, -0.2) is 4.57 Å². The summed E-state index contributed by atoms with van der Waals surface area (Å²) in [6.07, 6.45) is 4.40. The van der Waals surface area contributed by atoms with Gasteiger partial charge in [-0.1, -0.05) is 26.2 Å². The molecule has 0 aromatic heterocycles. The molecular weight excluding hydrogens is 191 g/mol. The first-order valence-corrected chi connectivity index (χ1v) is 6.26. The molecule has 0 unspecified atom stereocenters.